The number of aromatic nitrogens is 2. The van der Waals surface area contributed by atoms with Gasteiger partial charge in [-0.15, -0.1) is 0 Å². The van der Waals surface area contributed by atoms with Crippen LogP contribution in [0, 0.1) is 6.92 Å². The zero-order valence-electron chi connectivity index (χ0n) is 21.2. The van der Waals surface area contributed by atoms with Gasteiger partial charge in [-0.1, -0.05) is 53.2 Å². The van der Waals surface area contributed by atoms with Crippen molar-refractivity contribution in [1.29, 1.82) is 0 Å². The summed E-state index contributed by atoms with van der Waals surface area (Å²) in [6.07, 6.45) is 0. The summed E-state index contributed by atoms with van der Waals surface area (Å²) in [6.45, 7) is 4.27. The highest BCUT2D eigenvalue weighted by atomic mass is 16.5. The van der Waals surface area contributed by atoms with E-state index in [1.807, 2.05) is 86.6 Å². The number of hydrogen-bond donors (Lipinski definition) is 1. The highest BCUT2D eigenvalue weighted by Crippen LogP contribution is 2.38. The number of urea groups is 1. The molecule has 1 aromatic heterocycles. The fraction of sp³-hybridized carbons (Fsp3) is 0.207. The van der Waals surface area contributed by atoms with E-state index in [2.05, 4.69) is 10.5 Å². The second kappa shape index (κ2) is 10.2. The molecule has 8 nitrogen and oxygen atoms in total. The second-order valence-electron chi connectivity index (χ2n) is 8.89. The van der Waals surface area contributed by atoms with Crippen LogP contribution in [0.2, 0.25) is 0 Å². The first-order chi connectivity index (χ1) is 18.0. The van der Waals surface area contributed by atoms with Crippen LogP contribution in [0.25, 0.3) is 17.0 Å². The van der Waals surface area contributed by atoms with E-state index in [4.69, 9.17) is 19.0 Å². The van der Waals surface area contributed by atoms with Crippen molar-refractivity contribution in [2.24, 2.45) is 0 Å². The van der Waals surface area contributed by atoms with E-state index in [1.54, 1.807) is 19.1 Å². The molecule has 3 aromatic carbocycles. The fourth-order valence-electron chi connectivity index (χ4n) is 4.51. The number of hydrogen-bond acceptors (Lipinski definition) is 6. The van der Waals surface area contributed by atoms with E-state index in [0.29, 0.717) is 24.0 Å². The van der Waals surface area contributed by atoms with Gasteiger partial charge in [-0.3, -0.25) is 4.90 Å². The van der Waals surface area contributed by atoms with Crippen LogP contribution in [0.5, 0.6) is 11.5 Å². The van der Waals surface area contributed by atoms with Crippen LogP contribution in [-0.2, 0) is 6.54 Å². The molecule has 0 fully saturated rings. The summed E-state index contributed by atoms with van der Waals surface area (Å²) in [5.74, 6) is 2.25. The third kappa shape index (κ3) is 4.91. The van der Waals surface area contributed by atoms with E-state index in [-0.39, 0.29) is 6.03 Å². The van der Waals surface area contributed by atoms with Gasteiger partial charge in [0.1, 0.15) is 11.5 Å². The van der Waals surface area contributed by atoms with Crippen molar-refractivity contribution < 1.29 is 18.8 Å². The number of methoxy groups -OCH3 is 2. The molecule has 1 aliphatic rings. The van der Waals surface area contributed by atoms with Crippen molar-refractivity contribution in [3.8, 4) is 22.9 Å². The molecule has 2 heterocycles. The Kier molecular flexibility index (Phi) is 6.64. The number of carbonyl (C=O) groups excluding carboxylic acids is 1. The maximum atomic E-state index is 13.4. The summed E-state index contributed by atoms with van der Waals surface area (Å²) in [5, 5.41) is 7.39. The quantitative estimate of drug-likeness (QED) is 0.350. The number of amides is 2. The van der Waals surface area contributed by atoms with Gasteiger partial charge < -0.3 is 19.3 Å². The molecule has 1 atom stereocenters. The Morgan fingerprint density at radius 1 is 0.946 bits per heavy atom. The smallest absolute Gasteiger partial charge is 0.322 e. The second-order valence-corrected chi connectivity index (χ2v) is 8.89. The largest absolute Gasteiger partial charge is 0.497 e. The molecule has 0 aliphatic carbocycles. The third-order valence-corrected chi connectivity index (χ3v) is 6.43. The molecule has 2 amide bonds. The van der Waals surface area contributed by atoms with Gasteiger partial charge >= 0.3 is 6.03 Å². The van der Waals surface area contributed by atoms with Crippen LogP contribution >= 0.6 is 0 Å². The summed E-state index contributed by atoms with van der Waals surface area (Å²) in [4.78, 5) is 19.8. The molecule has 8 heteroatoms. The summed E-state index contributed by atoms with van der Waals surface area (Å²) < 4.78 is 16.6. The molecule has 0 saturated carbocycles. The summed E-state index contributed by atoms with van der Waals surface area (Å²) in [5.41, 5.74) is 5.18. The van der Waals surface area contributed by atoms with Crippen LogP contribution in [0.15, 0.2) is 83.0 Å². The topological polar surface area (TPSA) is 89.7 Å². The van der Waals surface area contributed by atoms with Gasteiger partial charge in [-0.2, -0.15) is 4.98 Å². The predicted molar refractivity (Wildman–Crippen MR) is 140 cm³/mol. The minimum Gasteiger partial charge on any atom is -0.497 e. The Bertz CT molecular complexity index is 1480. The van der Waals surface area contributed by atoms with Gasteiger partial charge in [0.05, 0.1) is 32.4 Å². The molecule has 1 N–H and O–H groups in total. The Labute approximate surface area is 215 Å². The van der Waals surface area contributed by atoms with Gasteiger partial charge in [-0.05, 0) is 55.3 Å². The Balaban J connectivity index is 1.60. The Hall–Kier alpha value is -4.59. The maximum absolute atomic E-state index is 13.4. The lowest BCUT2D eigenvalue weighted by molar-refractivity contribution is 0.203. The number of rotatable bonds is 7. The number of allylic oxidation sites excluding steroid dienone is 1. The number of ether oxygens (including phenoxy) is 2. The molecular weight excluding hydrogens is 468 g/mol. The summed E-state index contributed by atoms with van der Waals surface area (Å²) >= 11 is 0. The third-order valence-electron chi connectivity index (χ3n) is 6.43. The molecule has 1 aliphatic heterocycles. The maximum Gasteiger partial charge on any atom is 0.322 e. The van der Waals surface area contributed by atoms with E-state index in [0.717, 1.165) is 39.3 Å². The van der Waals surface area contributed by atoms with E-state index in [9.17, 15) is 4.79 Å². The first-order valence-electron chi connectivity index (χ1n) is 11.9. The molecule has 4 aromatic rings. The first-order valence-corrected chi connectivity index (χ1v) is 11.9. The number of nitrogens with zero attached hydrogens (tertiary/aromatic N) is 3. The van der Waals surface area contributed by atoms with Gasteiger partial charge in [0, 0.05) is 11.3 Å². The van der Waals surface area contributed by atoms with Crippen molar-refractivity contribution in [2.75, 3.05) is 14.2 Å². The van der Waals surface area contributed by atoms with Crippen molar-refractivity contribution in [1.82, 2.24) is 20.4 Å². The Morgan fingerprint density at radius 3 is 2.43 bits per heavy atom. The zero-order chi connectivity index (χ0) is 25.9. The standard InChI is InChI=1S/C29H28N4O4/c1-18-8-5-11-22(14-18)27-31-28(37-32-27)25-19(2)33(17-20-9-6-12-23(15-20)35-3)29(34)30-26(25)21-10-7-13-24(16-21)36-4/h5-16,26H,17H2,1-4H3,(H,30,34). The monoisotopic (exact) mass is 496 g/mol. The van der Waals surface area contributed by atoms with Crippen molar-refractivity contribution in [3.05, 3.63) is 101 Å². The van der Waals surface area contributed by atoms with Crippen LogP contribution < -0.4 is 14.8 Å². The molecule has 0 saturated heterocycles. The van der Waals surface area contributed by atoms with Gasteiger partial charge in [0.2, 0.25) is 5.82 Å². The van der Waals surface area contributed by atoms with E-state index in [1.165, 1.54) is 0 Å². The molecule has 188 valence electrons. The number of nitrogens with one attached hydrogen (secondary N) is 1. The SMILES string of the molecule is COc1cccc(CN2C(=O)NC(c3cccc(OC)c3)C(c3nc(-c4cccc(C)c4)no3)=C2C)c1. The van der Waals surface area contributed by atoms with E-state index >= 15 is 0 Å². The fourth-order valence-corrected chi connectivity index (χ4v) is 4.51. The summed E-state index contributed by atoms with van der Waals surface area (Å²) in [6, 6.07) is 22.4. The van der Waals surface area contributed by atoms with Gasteiger partial charge in [0.25, 0.3) is 5.89 Å². The average Bonchev–Trinajstić information content (AvgIpc) is 3.41. The molecule has 1 unspecified atom stereocenters. The molecule has 0 radical (unpaired) electrons. The molecule has 0 bridgehead atoms. The zero-order valence-corrected chi connectivity index (χ0v) is 21.2. The minimum absolute atomic E-state index is 0.227. The molecule has 5 rings (SSSR count). The first kappa shape index (κ1) is 24.1. The lowest BCUT2D eigenvalue weighted by atomic mass is 9.94. The average molecular weight is 497 g/mol. The highest BCUT2D eigenvalue weighted by Gasteiger charge is 2.36. The molecular formula is C29H28N4O4. The summed E-state index contributed by atoms with van der Waals surface area (Å²) in [7, 11) is 3.23. The van der Waals surface area contributed by atoms with Crippen molar-refractivity contribution in [2.45, 2.75) is 26.4 Å². The van der Waals surface area contributed by atoms with Crippen LogP contribution in [0.4, 0.5) is 4.79 Å². The van der Waals surface area contributed by atoms with Gasteiger partial charge in [0.15, 0.2) is 0 Å². The number of carbonyl (C=O) groups is 1. The lowest BCUT2D eigenvalue weighted by Gasteiger charge is -2.35. The van der Waals surface area contributed by atoms with Crippen molar-refractivity contribution >= 4 is 11.6 Å². The van der Waals surface area contributed by atoms with Crippen LogP contribution in [0.3, 0.4) is 0 Å². The molecule has 0 spiro atoms. The van der Waals surface area contributed by atoms with Gasteiger partial charge in [-0.25, -0.2) is 4.79 Å². The highest BCUT2D eigenvalue weighted by molar-refractivity contribution is 5.87. The Morgan fingerprint density at radius 2 is 1.68 bits per heavy atom. The van der Waals surface area contributed by atoms with Crippen LogP contribution in [0.1, 0.15) is 35.5 Å². The number of aryl methyl sites for hydroxylation is 1. The molecule has 37 heavy (non-hydrogen) atoms. The van der Waals surface area contributed by atoms with Crippen LogP contribution in [-0.4, -0.2) is 35.3 Å². The van der Waals surface area contributed by atoms with Crippen molar-refractivity contribution in [3.63, 3.8) is 0 Å². The van der Waals surface area contributed by atoms with E-state index < -0.39 is 6.04 Å². The predicted octanol–water partition coefficient (Wildman–Crippen LogP) is 5.76. The minimum atomic E-state index is -0.505. The normalized spacial score (nSPS) is 15.5. The lowest BCUT2D eigenvalue weighted by Crippen LogP contribution is -2.45. The number of benzene rings is 3.